The number of rotatable bonds is 4. The highest BCUT2D eigenvalue weighted by Gasteiger charge is 2.05. The van der Waals surface area contributed by atoms with Gasteiger partial charge in [0.15, 0.2) is 0 Å². The topological polar surface area (TPSA) is 46.2 Å². The highest BCUT2D eigenvalue weighted by atomic mass is 16.2. The van der Waals surface area contributed by atoms with Gasteiger partial charge < -0.3 is 10.1 Å². The van der Waals surface area contributed by atoms with Crippen LogP contribution in [-0.4, -0.2) is 11.7 Å². The Balaban J connectivity index is 2.59. The number of nitrogens with one attached hydrogen (secondary N) is 1. The number of amides is 1. The van der Waals surface area contributed by atoms with Gasteiger partial charge in [0.05, 0.1) is 0 Å². The number of anilines is 1. The summed E-state index contributed by atoms with van der Waals surface area (Å²) in [4.78, 5) is 22.2. The third-order valence-corrected chi connectivity index (χ3v) is 2.36. The zero-order valence-electron chi connectivity index (χ0n) is 9.96. The summed E-state index contributed by atoms with van der Waals surface area (Å²) in [6.45, 7) is 5.45. The second-order valence-electron chi connectivity index (χ2n) is 4.07. The zero-order chi connectivity index (χ0) is 12.1. The molecule has 3 nitrogen and oxygen atoms in total. The quantitative estimate of drug-likeness (QED) is 0.846. The number of hydrogen-bond donors (Lipinski definition) is 1. The van der Waals surface area contributed by atoms with Crippen molar-refractivity contribution in [2.24, 2.45) is 0 Å². The van der Waals surface area contributed by atoms with Crippen molar-refractivity contribution in [3.05, 3.63) is 29.3 Å². The van der Waals surface area contributed by atoms with Crippen LogP contribution in [0.1, 0.15) is 30.9 Å². The Bertz CT molecular complexity index is 410. The minimum absolute atomic E-state index is 0.0378. The largest absolute Gasteiger partial charge is 0.326 e. The molecule has 0 bridgehead atoms. The van der Waals surface area contributed by atoms with Crippen LogP contribution in [0, 0.1) is 13.8 Å². The highest BCUT2D eigenvalue weighted by Crippen LogP contribution is 2.16. The van der Waals surface area contributed by atoms with E-state index in [9.17, 15) is 9.59 Å². The maximum atomic E-state index is 11.5. The third kappa shape index (κ3) is 3.85. The average molecular weight is 219 g/mol. The first kappa shape index (κ1) is 12.4. The molecule has 0 fully saturated rings. The normalized spacial score (nSPS) is 9.94. The molecule has 0 radical (unpaired) electrons. The molecular weight excluding hydrogens is 202 g/mol. The van der Waals surface area contributed by atoms with E-state index in [-0.39, 0.29) is 18.1 Å². The van der Waals surface area contributed by atoms with Crippen molar-refractivity contribution < 1.29 is 9.59 Å². The molecule has 0 aromatic heterocycles. The molecule has 3 heteroatoms. The standard InChI is InChI=1S/C13H17NO2/c1-9-4-6-12(10(2)8-9)14-13(16)7-5-11(3)15/h4,6,8H,5,7H2,1-3H3,(H,14,16). The van der Waals surface area contributed by atoms with E-state index in [1.54, 1.807) is 0 Å². The van der Waals surface area contributed by atoms with Crippen molar-refractivity contribution in [1.29, 1.82) is 0 Å². The first-order valence-electron chi connectivity index (χ1n) is 5.35. The van der Waals surface area contributed by atoms with Gasteiger partial charge in [0.2, 0.25) is 5.91 Å². The lowest BCUT2D eigenvalue weighted by Gasteiger charge is -2.08. The van der Waals surface area contributed by atoms with Crippen molar-refractivity contribution in [3.8, 4) is 0 Å². The van der Waals surface area contributed by atoms with Gasteiger partial charge in [-0.05, 0) is 32.4 Å². The van der Waals surface area contributed by atoms with Crippen LogP contribution in [0.4, 0.5) is 5.69 Å². The molecule has 0 unspecified atom stereocenters. The van der Waals surface area contributed by atoms with Crippen LogP contribution in [-0.2, 0) is 9.59 Å². The van der Waals surface area contributed by atoms with Gasteiger partial charge in [-0.25, -0.2) is 0 Å². The monoisotopic (exact) mass is 219 g/mol. The first-order chi connectivity index (χ1) is 7.49. The number of ketones is 1. The summed E-state index contributed by atoms with van der Waals surface area (Å²) in [5, 5.41) is 2.80. The smallest absolute Gasteiger partial charge is 0.224 e. The van der Waals surface area contributed by atoms with Crippen molar-refractivity contribution >= 4 is 17.4 Å². The second kappa shape index (κ2) is 5.45. The van der Waals surface area contributed by atoms with Gasteiger partial charge in [0.1, 0.15) is 5.78 Å². The van der Waals surface area contributed by atoms with Crippen molar-refractivity contribution in [2.75, 3.05) is 5.32 Å². The lowest BCUT2D eigenvalue weighted by molar-refractivity contribution is -0.121. The van der Waals surface area contributed by atoms with Crippen LogP contribution in [0.2, 0.25) is 0 Å². The van der Waals surface area contributed by atoms with Gasteiger partial charge in [0, 0.05) is 18.5 Å². The Morgan fingerprint density at radius 2 is 1.88 bits per heavy atom. The molecule has 1 N–H and O–H groups in total. The minimum atomic E-state index is -0.109. The number of Topliss-reactive ketones (excluding diaryl/α,β-unsaturated/α-hetero) is 1. The Morgan fingerprint density at radius 1 is 1.19 bits per heavy atom. The number of carbonyl (C=O) groups is 2. The van der Waals surface area contributed by atoms with E-state index in [1.807, 2.05) is 32.0 Å². The molecule has 0 aliphatic carbocycles. The van der Waals surface area contributed by atoms with E-state index in [2.05, 4.69) is 5.32 Å². The number of benzene rings is 1. The fraction of sp³-hybridized carbons (Fsp3) is 0.385. The van der Waals surface area contributed by atoms with E-state index in [4.69, 9.17) is 0 Å². The molecule has 1 amide bonds. The summed E-state index contributed by atoms with van der Waals surface area (Å²) in [7, 11) is 0. The van der Waals surface area contributed by atoms with E-state index in [1.165, 1.54) is 12.5 Å². The minimum Gasteiger partial charge on any atom is -0.326 e. The van der Waals surface area contributed by atoms with Gasteiger partial charge in [-0.15, -0.1) is 0 Å². The average Bonchev–Trinajstić information content (AvgIpc) is 2.19. The molecule has 0 atom stereocenters. The third-order valence-electron chi connectivity index (χ3n) is 2.36. The maximum Gasteiger partial charge on any atom is 0.224 e. The van der Waals surface area contributed by atoms with Crippen LogP contribution < -0.4 is 5.32 Å². The van der Waals surface area contributed by atoms with Crippen LogP contribution in [0.3, 0.4) is 0 Å². The Kier molecular flexibility index (Phi) is 4.23. The van der Waals surface area contributed by atoms with Gasteiger partial charge in [-0.1, -0.05) is 17.7 Å². The number of aryl methyl sites for hydroxylation is 2. The fourth-order valence-electron chi connectivity index (χ4n) is 1.46. The summed E-state index contributed by atoms with van der Waals surface area (Å²) >= 11 is 0. The van der Waals surface area contributed by atoms with Crippen LogP contribution in [0.15, 0.2) is 18.2 Å². The van der Waals surface area contributed by atoms with E-state index >= 15 is 0 Å². The molecular formula is C13H17NO2. The molecule has 0 heterocycles. The Hall–Kier alpha value is -1.64. The highest BCUT2D eigenvalue weighted by molar-refractivity contribution is 5.93. The fourth-order valence-corrected chi connectivity index (χ4v) is 1.46. The molecule has 16 heavy (non-hydrogen) atoms. The number of hydrogen-bond acceptors (Lipinski definition) is 2. The summed E-state index contributed by atoms with van der Waals surface area (Å²) in [6, 6.07) is 5.85. The van der Waals surface area contributed by atoms with Crippen molar-refractivity contribution in [2.45, 2.75) is 33.6 Å². The summed E-state index contributed by atoms with van der Waals surface area (Å²) in [5.74, 6) is -0.0714. The van der Waals surface area contributed by atoms with Gasteiger partial charge in [-0.2, -0.15) is 0 Å². The number of carbonyl (C=O) groups excluding carboxylic acids is 2. The Labute approximate surface area is 95.9 Å². The van der Waals surface area contributed by atoms with Gasteiger partial charge in [0.25, 0.3) is 0 Å². The molecule has 0 aliphatic heterocycles. The molecule has 0 aliphatic rings. The summed E-state index contributed by atoms with van der Waals surface area (Å²) in [6.07, 6.45) is 0.555. The van der Waals surface area contributed by atoms with E-state index in [0.717, 1.165) is 11.3 Å². The maximum absolute atomic E-state index is 11.5. The van der Waals surface area contributed by atoms with Crippen molar-refractivity contribution in [3.63, 3.8) is 0 Å². The molecule has 1 aromatic carbocycles. The van der Waals surface area contributed by atoms with Crippen LogP contribution in [0.25, 0.3) is 0 Å². The molecule has 1 rings (SSSR count). The Morgan fingerprint density at radius 3 is 2.44 bits per heavy atom. The molecule has 86 valence electrons. The predicted octanol–water partition coefficient (Wildman–Crippen LogP) is 2.61. The van der Waals surface area contributed by atoms with Crippen molar-refractivity contribution in [1.82, 2.24) is 0 Å². The lowest BCUT2D eigenvalue weighted by atomic mass is 10.1. The van der Waals surface area contributed by atoms with Crippen LogP contribution >= 0.6 is 0 Å². The summed E-state index contributed by atoms with van der Waals surface area (Å²) in [5.41, 5.74) is 3.02. The summed E-state index contributed by atoms with van der Waals surface area (Å²) < 4.78 is 0. The molecule has 0 spiro atoms. The van der Waals surface area contributed by atoms with Gasteiger partial charge in [-0.3, -0.25) is 4.79 Å². The zero-order valence-corrected chi connectivity index (χ0v) is 9.96. The second-order valence-corrected chi connectivity index (χ2v) is 4.07. The van der Waals surface area contributed by atoms with Gasteiger partial charge >= 0.3 is 0 Å². The van der Waals surface area contributed by atoms with E-state index < -0.39 is 0 Å². The SMILES string of the molecule is CC(=O)CCC(=O)Nc1ccc(C)cc1C. The molecule has 0 saturated heterocycles. The van der Waals surface area contributed by atoms with Crippen LogP contribution in [0.5, 0.6) is 0 Å². The predicted molar refractivity (Wildman–Crippen MR) is 64.5 cm³/mol. The lowest BCUT2D eigenvalue weighted by Crippen LogP contribution is -2.13. The molecule has 1 aromatic rings. The molecule has 0 saturated carbocycles. The first-order valence-corrected chi connectivity index (χ1v) is 5.35. The van der Waals surface area contributed by atoms with E-state index in [0.29, 0.717) is 6.42 Å².